The van der Waals surface area contributed by atoms with Crippen LogP contribution in [0.25, 0.3) is 0 Å². The Bertz CT molecular complexity index is 437. The molecule has 0 unspecified atom stereocenters. The van der Waals surface area contributed by atoms with Crippen LogP contribution in [0.5, 0.6) is 0 Å². The number of nitrogens with zero attached hydrogens (tertiary/aromatic N) is 3. The first kappa shape index (κ1) is 13.1. The molecule has 0 bridgehead atoms. The standard InChI is InChI=1S/C14H24N4O/c1-11-16-13-6-5-12(9-18(13)17-11)15-10-14(19)7-3-2-4-8-14/h12,15,19H,2-10H2,1H3/t12-/m1/s1. The van der Waals surface area contributed by atoms with Crippen LogP contribution in [0.3, 0.4) is 0 Å². The van der Waals surface area contributed by atoms with Crippen molar-refractivity contribution in [3.05, 3.63) is 11.6 Å². The predicted molar refractivity (Wildman–Crippen MR) is 72.9 cm³/mol. The van der Waals surface area contributed by atoms with E-state index in [-0.39, 0.29) is 0 Å². The summed E-state index contributed by atoms with van der Waals surface area (Å²) >= 11 is 0. The molecule has 2 heterocycles. The van der Waals surface area contributed by atoms with Crippen molar-refractivity contribution in [2.24, 2.45) is 0 Å². The first-order chi connectivity index (χ1) is 9.15. The Morgan fingerprint density at radius 2 is 2.16 bits per heavy atom. The summed E-state index contributed by atoms with van der Waals surface area (Å²) in [4.78, 5) is 4.42. The van der Waals surface area contributed by atoms with Crippen LogP contribution in [0.2, 0.25) is 0 Å². The van der Waals surface area contributed by atoms with E-state index in [1.165, 1.54) is 6.42 Å². The molecule has 0 amide bonds. The summed E-state index contributed by atoms with van der Waals surface area (Å²) in [6.45, 7) is 3.55. The van der Waals surface area contributed by atoms with Gasteiger partial charge in [-0.1, -0.05) is 19.3 Å². The van der Waals surface area contributed by atoms with Crippen molar-refractivity contribution in [1.82, 2.24) is 20.1 Å². The van der Waals surface area contributed by atoms with Crippen molar-refractivity contribution in [3.8, 4) is 0 Å². The van der Waals surface area contributed by atoms with Crippen molar-refractivity contribution in [2.75, 3.05) is 6.54 Å². The van der Waals surface area contributed by atoms with Crippen LogP contribution in [0.15, 0.2) is 0 Å². The van der Waals surface area contributed by atoms with Crippen LogP contribution in [0, 0.1) is 6.92 Å². The number of hydrogen-bond donors (Lipinski definition) is 2. The quantitative estimate of drug-likeness (QED) is 0.860. The molecule has 2 N–H and O–H groups in total. The van der Waals surface area contributed by atoms with Gasteiger partial charge in [-0.15, -0.1) is 0 Å². The molecule has 2 aliphatic rings. The number of aromatic nitrogens is 3. The molecule has 5 nitrogen and oxygen atoms in total. The molecule has 1 fully saturated rings. The molecule has 1 atom stereocenters. The normalized spacial score (nSPS) is 26.1. The highest BCUT2D eigenvalue weighted by molar-refractivity contribution is 4.97. The number of nitrogens with one attached hydrogen (secondary N) is 1. The van der Waals surface area contributed by atoms with Gasteiger partial charge in [-0.2, -0.15) is 5.10 Å². The monoisotopic (exact) mass is 264 g/mol. The maximum Gasteiger partial charge on any atom is 0.147 e. The van der Waals surface area contributed by atoms with Gasteiger partial charge in [0.05, 0.1) is 12.1 Å². The van der Waals surface area contributed by atoms with E-state index in [0.29, 0.717) is 6.04 Å². The summed E-state index contributed by atoms with van der Waals surface area (Å²) in [5, 5.41) is 18.5. The fourth-order valence-corrected chi connectivity index (χ4v) is 3.32. The van der Waals surface area contributed by atoms with Gasteiger partial charge in [0.1, 0.15) is 11.6 Å². The van der Waals surface area contributed by atoms with Crippen LogP contribution in [-0.2, 0) is 13.0 Å². The van der Waals surface area contributed by atoms with Crippen LogP contribution < -0.4 is 5.32 Å². The second kappa shape index (κ2) is 5.21. The largest absolute Gasteiger partial charge is 0.389 e. The fourth-order valence-electron chi connectivity index (χ4n) is 3.32. The Labute approximate surface area is 114 Å². The van der Waals surface area contributed by atoms with E-state index in [9.17, 15) is 5.11 Å². The average Bonchev–Trinajstić information content (AvgIpc) is 2.76. The number of fused-ring (bicyclic) bond motifs is 1. The minimum absolute atomic E-state index is 0.416. The van der Waals surface area contributed by atoms with E-state index >= 15 is 0 Å². The lowest BCUT2D eigenvalue weighted by Gasteiger charge is -2.34. The predicted octanol–water partition coefficient (Wildman–Crippen LogP) is 1.19. The van der Waals surface area contributed by atoms with Crippen LogP contribution in [0.4, 0.5) is 0 Å². The molecule has 1 saturated carbocycles. The molecule has 5 heteroatoms. The topological polar surface area (TPSA) is 63.0 Å². The summed E-state index contributed by atoms with van der Waals surface area (Å²) in [5.41, 5.74) is -0.475. The summed E-state index contributed by atoms with van der Waals surface area (Å²) in [6, 6.07) is 0.416. The van der Waals surface area contributed by atoms with Gasteiger partial charge in [-0.05, 0) is 26.2 Å². The Kier molecular flexibility index (Phi) is 3.58. The van der Waals surface area contributed by atoms with Crippen molar-refractivity contribution in [2.45, 2.75) is 70.1 Å². The molecule has 3 rings (SSSR count). The van der Waals surface area contributed by atoms with Crippen molar-refractivity contribution in [3.63, 3.8) is 0 Å². The summed E-state index contributed by atoms with van der Waals surface area (Å²) < 4.78 is 2.02. The van der Waals surface area contributed by atoms with Gasteiger partial charge in [-0.3, -0.25) is 0 Å². The third kappa shape index (κ3) is 2.98. The lowest BCUT2D eigenvalue weighted by atomic mass is 9.84. The van der Waals surface area contributed by atoms with Crippen LogP contribution in [0.1, 0.15) is 50.2 Å². The fraction of sp³-hybridized carbons (Fsp3) is 0.857. The molecular weight excluding hydrogens is 240 g/mol. The smallest absolute Gasteiger partial charge is 0.147 e. The van der Waals surface area contributed by atoms with Crippen molar-refractivity contribution in [1.29, 1.82) is 0 Å². The van der Waals surface area contributed by atoms with Gasteiger partial charge < -0.3 is 10.4 Å². The first-order valence-corrected chi connectivity index (χ1v) is 7.51. The Hall–Kier alpha value is -0.940. The van der Waals surface area contributed by atoms with E-state index in [2.05, 4.69) is 15.4 Å². The van der Waals surface area contributed by atoms with Gasteiger partial charge in [0, 0.05) is 19.0 Å². The lowest BCUT2D eigenvalue weighted by Crippen LogP contribution is -2.48. The van der Waals surface area contributed by atoms with Gasteiger partial charge in [0.2, 0.25) is 0 Å². The third-order valence-corrected chi connectivity index (χ3v) is 4.47. The zero-order valence-corrected chi connectivity index (χ0v) is 11.7. The SMILES string of the molecule is Cc1nc2n(n1)C[C@H](NCC1(O)CCCCC1)CC2. The van der Waals surface area contributed by atoms with Crippen molar-refractivity contribution < 1.29 is 5.11 Å². The van der Waals surface area contributed by atoms with Crippen LogP contribution >= 0.6 is 0 Å². The Balaban J connectivity index is 1.54. The minimum Gasteiger partial charge on any atom is -0.389 e. The number of rotatable bonds is 3. The highest BCUT2D eigenvalue weighted by Crippen LogP contribution is 2.27. The molecule has 1 aliphatic carbocycles. The van der Waals surface area contributed by atoms with Crippen molar-refractivity contribution >= 4 is 0 Å². The van der Waals surface area contributed by atoms with Gasteiger partial charge >= 0.3 is 0 Å². The third-order valence-electron chi connectivity index (χ3n) is 4.47. The second-order valence-electron chi connectivity index (χ2n) is 6.16. The molecule has 1 aromatic rings. The molecule has 19 heavy (non-hydrogen) atoms. The highest BCUT2D eigenvalue weighted by atomic mass is 16.3. The molecule has 0 aromatic carbocycles. The average molecular weight is 264 g/mol. The Morgan fingerprint density at radius 3 is 2.95 bits per heavy atom. The van der Waals surface area contributed by atoms with E-state index in [1.807, 2.05) is 11.6 Å². The lowest BCUT2D eigenvalue weighted by molar-refractivity contribution is 0.00155. The summed E-state index contributed by atoms with van der Waals surface area (Å²) in [7, 11) is 0. The second-order valence-corrected chi connectivity index (χ2v) is 6.16. The molecule has 1 aromatic heterocycles. The number of hydrogen-bond acceptors (Lipinski definition) is 4. The molecule has 0 saturated heterocycles. The van der Waals surface area contributed by atoms with Crippen LogP contribution in [-0.4, -0.2) is 38.1 Å². The molecule has 0 spiro atoms. The maximum atomic E-state index is 10.5. The summed E-state index contributed by atoms with van der Waals surface area (Å²) in [5.74, 6) is 1.97. The first-order valence-electron chi connectivity index (χ1n) is 7.51. The van der Waals surface area contributed by atoms with E-state index < -0.39 is 5.60 Å². The number of aryl methyl sites for hydroxylation is 2. The van der Waals surface area contributed by atoms with Gasteiger partial charge in [-0.25, -0.2) is 9.67 Å². The zero-order chi connectivity index (χ0) is 13.3. The van der Waals surface area contributed by atoms with Gasteiger partial charge in [0.15, 0.2) is 0 Å². The van der Waals surface area contributed by atoms with E-state index in [4.69, 9.17) is 0 Å². The summed E-state index contributed by atoms with van der Waals surface area (Å²) in [6.07, 6.45) is 7.56. The molecule has 0 radical (unpaired) electrons. The maximum absolute atomic E-state index is 10.5. The molecule has 106 valence electrons. The number of aliphatic hydroxyl groups is 1. The molecular formula is C14H24N4O. The molecule has 1 aliphatic heterocycles. The zero-order valence-electron chi connectivity index (χ0n) is 11.7. The van der Waals surface area contributed by atoms with E-state index in [0.717, 1.165) is 63.3 Å². The highest BCUT2D eigenvalue weighted by Gasteiger charge is 2.30. The minimum atomic E-state index is -0.475. The Morgan fingerprint density at radius 1 is 1.37 bits per heavy atom. The van der Waals surface area contributed by atoms with E-state index in [1.54, 1.807) is 0 Å². The van der Waals surface area contributed by atoms with Gasteiger partial charge in [0.25, 0.3) is 0 Å².